The topological polar surface area (TPSA) is 60.4 Å². The lowest BCUT2D eigenvalue weighted by molar-refractivity contribution is 0.0451. The van der Waals surface area contributed by atoms with Crippen molar-refractivity contribution in [3.05, 3.63) is 43.7 Å². The molecule has 2 aliphatic heterocycles. The van der Waals surface area contributed by atoms with Gasteiger partial charge >= 0.3 is 5.97 Å². The highest BCUT2D eigenvalue weighted by Crippen LogP contribution is 2.41. The van der Waals surface area contributed by atoms with Crippen LogP contribution in [0.25, 0.3) is 0 Å². The minimum atomic E-state index is -3.17. The molecule has 3 heterocycles. The minimum Gasteiger partial charge on any atom is -0.449 e. The first kappa shape index (κ1) is 13.0. The lowest BCUT2D eigenvalue weighted by Gasteiger charge is -2.18. The highest BCUT2D eigenvalue weighted by molar-refractivity contribution is 8.20. The standard InChI is InChI=1S/C12H10O4S3/c13-11(10-2-1-5-17-10)16-9-3-6-18-12-8(9)4-7-19(12,14)15/h1-3,5-6,9H,4,7H2. The van der Waals surface area contributed by atoms with Gasteiger partial charge in [-0.2, -0.15) is 0 Å². The Hall–Kier alpha value is -1.05. The van der Waals surface area contributed by atoms with Gasteiger partial charge < -0.3 is 4.74 Å². The highest BCUT2D eigenvalue weighted by atomic mass is 32.3. The van der Waals surface area contributed by atoms with Crippen molar-refractivity contribution < 1.29 is 17.9 Å². The first-order valence-corrected chi connectivity index (χ1v) is 9.03. The fourth-order valence-electron chi connectivity index (χ4n) is 2.01. The third-order valence-electron chi connectivity index (χ3n) is 2.91. The van der Waals surface area contributed by atoms with Crippen LogP contribution >= 0.6 is 23.1 Å². The van der Waals surface area contributed by atoms with Gasteiger partial charge in [-0.3, -0.25) is 0 Å². The smallest absolute Gasteiger partial charge is 0.349 e. The van der Waals surface area contributed by atoms with E-state index in [-0.39, 0.29) is 5.75 Å². The monoisotopic (exact) mass is 314 g/mol. The van der Waals surface area contributed by atoms with Crippen LogP contribution in [-0.2, 0) is 14.6 Å². The van der Waals surface area contributed by atoms with E-state index in [0.717, 1.165) is 0 Å². The Balaban J connectivity index is 1.84. The maximum atomic E-state index is 11.9. The van der Waals surface area contributed by atoms with Crippen LogP contribution in [-0.4, -0.2) is 26.2 Å². The van der Waals surface area contributed by atoms with E-state index in [9.17, 15) is 13.2 Å². The van der Waals surface area contributed by atoms with E-state index in [1.807, 2.05) is 0 Å². The molecule has 1 unspecified atom stereocenters. The molecule has 1 atom stereocenters. The molecule has 0 N–H and O–H groups in total. The average Bonchev–Trinajstić information content (AvgIpc) is 2.99. The van der Waals surface area contributed by atoms with E-state index >= 15 is 0 Å². The Morgan fingerprint density at radius 2 is 2.26 bits per heavy atom. The maximum absolute atomic E-state index is 11.9. The van der Waals surface area contributed by atoms with Crippen molar-refractivity contribution >= 4 is 38.9 Å². The van der Waals surface area contributed by atoms with E-state index in [1.54, 1.807) is 29.0 Å². The van der Waals surface area contributed by atoms with Gasteiger partial charge in [-0.25, -0.2) is 13.2 Å². The van der Waals surface area contributed by atoms with E-state index in [0.29, 0.717) is 21.1 Å². The van der Waals surface area contributed by atoms with Crippen LogP contribution in [0.3, 0.4) is 0 Å². The second-order valence-corrected chi connectivity index (χ2v) is 8.30. The Morgan fingerprint density at radius 3 is 3.00 bits per heavy atom. The molecule has 0 aliphatic carbocycles. The summed E-state index contributed by atoms with van der Waals surface area (Å²) in [5, 5.41) is 3.47. The normalized spacial score (nSPS) is 24.3. The molecule has 19 heavy (non-hydrogen) atoms. The van der Waals surface area contributed by atoms with Crippen molar-refractivity contribution in [2.24, 2.45) is 0 Å². The van der Waals surface area contributed by atoms with Crippen molar-refractivity contribution in [2.75, 3.05) is 5.75 Å². The lowest BCUT2D eigenvalue weighted by atomic mass is 10.1. The number of esters is 1. The summed E-state index contributed by atoms with van der Waals surface area (Å²) in [4.78, 5) is 12.4. The van der Waals surface area contributed by atoms with E-state index in [4.69, 9.17) is 4.74 Å². The molecule has 0 bridgehead atoms. The summed E-state index contributed by atoms with van der Waals surface area (Å²) >= 11 is 2.50. The number of sulfone groups is 1. The second kappa shape index (κ2) is 4.81. The largest absolute Gasteiger partial charge is 0.449 e. The average molecular weight is 314 g/mol. The summed E-state index contributed by atoms with van der Waals surface area (Å²) in [7, 11) is -3.17. The van der Waals surface area contributed by atoms with Gasteiger partial charge in [-0.15, -0.1) is 11.3 Å². The van der Waals surface area contributed by atoms with Crippen molar-refractivity contribution in [2.45, 2.75) is 12.5 Å². The molecular weight excluding hydrogens is 304 g/mol. The van der Waals surface area contributed by atoms with Crippen LogP contribution in [0.2, 0.25) is 0 Å². The fraction of sp³-hybridized carbons (Fsp3) is 0.250. The predicted octanol–water partition coefficient (Wildman–Crippen LogP) is 2.56. The predicted molar refractivity (Wildman–Crippen MR) is 75.7 cm³/mol. The summed E-state index contributed by atoms with van der Waals surface area (Å²) in [5.74, 6) is -0.299. The quantitative estimate of drug-likeness (QED) is 0.785. The molecular formula is C12H10O4S3. The summed E-state index contributed by atoms with van der Waals surface area (Å²) in [5.41, 5.74) is 0.706. The number of hydrogen-bond donors (Lipinski definition) is 0. The van der Waals surface area contributed by atoms with E-state index in [2.05, 4.69) is 0 Å². The molecule has 0 saturated carbocycles. The SMILES string of the molecule is O=C(OC1C=CSC2=C1CCS2(=O)=O)c1cccs1. The highest BCUT2D eigenvalue weighted by Gasteiger charge is 2.36. The zero-order chi connectivity index (χ0) is 13.5. The Bertz CT molecular complexity index is 668. The molecule has 4 nitrogen and oxygen atoms in total. The number of carbonyl (C=O) groups is 1. The number of ether oxygens (including phenoxy) is 1. The molecule has 0 amide bonds. The number of rotatable bonds is 2. The summed E-state index contributed by atoms with van der Waals surface area (Å²) in [6, 6.07) is 3.47. The van der Waals surface area contributed by atoms with Crippen LogP contribution < -0.4 is 0 Å². The third kappa shape index (κ3) is 2.37. The van der Waals surface area contributed by atoms with Crippen LogP contribution in [0, 0.1) is 0 Å². The zero-order valence-electron chi connectivity index (χ0n) is 9.74. The van der Waals surface area contributed by atoms with Crippen LogP contribution in [0.15, 0.2) is 38.8 Å². The molecule has 0 saturated heterocycles. The summed E-state index contributed by atoms with van der Waals surface area (Å²) < 4.78 is 29.4. The molecule has 7 heteroatoms. The van der Waals surface area contributed by atoms with Gasteiger partial charge in [-0.1, -0.05) is 17.8 Å². The summed E-state index contributed by atoms with van der Waals surface area (Å²) in [6.45, 7) is 0. The number of thiophene rings is 1. The van der Waals surface area contributed by atoms with Crippen LogP contribution in [0.4, 0.5) is 0 Å². The number of carbonyl (C=O) groups excluding carboxylic acids is 1. The van der Waals surface area contributed by atoms with Crippen molar-refractivity contribution in [1.82, 2.24) is 0 Å². The maximum Gasteiger partial charge on any atom is 0.349 e. The summed E-state index contributed by atoms with van der Waals surface area (Å²) in [6.07, 6.45) is 1.62. The first-order valence-electron chi connectivity index (χ1n) is 5.61. The van der Waals surface area contributed by atoms with Crippen molar-refractivity contribution in [3.8, 4) is 0 Å². The van der Waals surface area contributed by atoms with Crippen molar-refractivity contribution in [3.63, 3.8) is 0 Å². The van der Waals surface area contributed by atoms with E-state index in [1.165, 1.54) is 23.1 Å². The van der Waals surface area contributed by atoms with Gasteiger partial charge in [0.05, 0.1) is 5.75 Å². The first-order chi connectivity index (χ1) is 9.08. The van der Waals surface area contributed by atoms with Crippen LogP contribution in [0.1, 0.15) is 16.1 Å². The molecule has 2 aliphatic rings. The lowest BCUT2D eigenvalue weighted by Crippen LogP contribution is -2.19. The van der Waals surface area contributed by atoms with E-state index < -0.39 is 21.9 Å². The number of thioether (sulfide) groups is 1. The molecule has 0 spiro atoms. The Kier molecular flexibility index (Phi) is 3.28. The van der Waals surface area contributed by atoms with Crippen molar-refractivity contribution in [1.29, 1.82) is 0 Å². The van der Waals surface area contributed by atoms with Gasteiger partial charge in [0.1, 0.15) is 15.2 Å². The Labute approximate surface area is 119 Å². The van der Waals surface area contributed by atoms with Gasteiger partial charge in [0.15, 0.2) is 9.84 Å². The minimum absolute atomic E-state index is 0.111. The van der Waals surface area contributed by atoms with Crippen LogP contribution in [0.5, 0.6) is 0 Å². The molecule has 1 aromatic heterocycles. The van der Waals surface area contributed by atoms with Gasteiger partial charge in [-0.05, 0) is 29.4 Å². The number of hydrogen-bond acceptors (Lipinski definition) is 6. The molecule has 0 fully saturated rings. The fourth-order valence-corrected chi connectivity index (χ4v) is 5.63. The Morgan fingerprint density at radius 1 is 1.42 bits per heavy atom. The van der Waals surface area contributed by atoms with Gasteiger partial charge in [0.25, 0.3) is 0 Å². The molecule has 0 radical (unpaired) electrons. The molecule has 100 valence electrons. The van der Waals surface area contributed by atoms with Gasteiger partial charge in [0, 0.05) is 5.57 Å². The molecule has 0 aromatic carbocycles. The second-order valence-electron chi connectivity index (χ2n) is 4.13. The van der Waals surface area contributed by atoms with Gasteiger partial charge in [0.2, 0.25) is 0 Å². The molecule has 1 aromatic rings. The third-order valence-corrected chi connectivity index (χ3v) is 7.15. The zero-order valence-corrected chi connectivity index (χ0v) is 12.2. The molecule has 3 rings (SSSR count).